The molecule has 1 heterocycles. The second kappa shape index (κ2) is 8.68. The first-order valence-corrected chi connectivity index (χ1v) is 8.22. The first-order chi connectivity index (χ1) is 12.3. The summed E-state index contributed by atoms with van der Waals surface area (Å²) in [5.41, 5.74) is 1.57. The van der Waals surface area contributed by atoms with Crippen molar-refractivity contribution >= 4 is 5.97 Å². The van der Waals surface area contributed by atoms with E-state index in [9.17, 15) is 4.79 Å². The Balaban J connectivity index is 1.47. The van der Waals surface area contributed by atoms with Gasteiger partial charge in [-0.3, -0.25) is 4.68 Å². The van der Waals surface area contributed by atoms with Gasteiger partial charge in [0.25, 0.3) is 0 Å². The van der Waals surface area contributed by atoms with Crippen LogP contribution in [0, 0.1) is 0 Å². The highest BCUT2D eigenvalue weighted by atomic mass is 16.5. The molecule has 0 N–H and O–H groups in total. The van der Waals surface area contributed by atoms with Crippen LogP contribution >= 0.6 is 0 Å². The summed E-state index contributed by atoms with van der Waals surface area (Å²) >= 11 is 0. The third-order valence-corrected chi connectivity index (χ3v) is 3.64. The van der Waals surface area contributed by atoms with E-state index in [1.54, 1.807) is 24.4 Å². The molecule has 3 aromatic rings. The summed E-state index contributed by atoms with van der Waals surface area (Å²) in [5.74, 6) is 0.306. The monoisotopic (exact) mass is 336 g/mol. The summed E-state index contributed by atoms with van der Waals surface area (Å²) in [6.07, 6.45) is 4.33. The molecular formula is C20H20N2O3. The average Bonchev–Trinajstić information content (AvgIpc) is 3.18. The van der Waals surface area contributed by atoms with Crippen LogP contribution in [0.25, 0.3) is 0 Å². The highest BCUT2D eigenvalue weighted by molar-refractivity contribution is 5.89. The van der Waals surface area contributed by atoms with E-state index >= 15 is 0 Å². The molecule has 0 radical (unpaired) electrons. The zero-order chi connectivity index (χ0) is 17.3. The minimum Gasteiger partial charge on any atom is -0.489 e. The van der Waals surface area contributed by atoms with Crippen LogP contribution in [0.5, 0.6) is 5.75 Å². The van der Waals surface area contributed by atoms with Gasteiger partial charge in [0.05, 0.1) is 12.2 Å². The number of benzene rings is 2. The van der Waals surface area contributed by atoms with E-state index in [0.29, 0.717) is 24.5 Å². The number of carbonyl (C=O) groups is 1. The van der Waals surface area contributed by atoms with Crippen LogP contribution in [0.3, 0.4) is 0 Å². The van der Waals surface area contributed by atoms with Crippen LogP contribution in [0.1, 0.15) is 22.3 Å². The van der Waals surface area contributed by atoms with Crippen LogP contribution in [-0.4, -0.2) is 22.4 Å². The summed E-state index contributed by atoms with van der Waals surface area (Å²) in [7, 11) is 0. The maximum absolute atomic E-state index is 12.1. The maximum Gasteiger partial charge on any atom is 0.338 e. The van der Waals surface area contributed by atoms with E-state index in [4.69, 9.17) is 9.47 Å². The van der Waals surface area contributed by atoms with Crippen molar-refractivity contribution in [2.75, 3.05) is 6.61 Å². The summed E-state index contributed by atoms with van der Waals surface area (Å²) in [5, 5.41) is 4.11. The van der Waals surface area contributed by atoms with Crippen molar-refractivity contribution in [1.29, 1.82) is 0 Å². The Morgan fingerprint density at radius 3 is 2.72 bits per heavy atom. The van der Waals surface area contributed by atoms with Crippen LogP contribution in [-0.2, 0) is 17.9 Å². The lowest BCUT2D eigenvalue weighted by Crippen LogP contribution is -2.09. The van der Waals surface area contributed by atoms with E-state index in [1.807, 2.05) is 53.3 Å². The predicted molar refractivity (Wildman–Crippen MR) is 94.3 cm³/mol. The van der Waals surface area contributed by atoms with E-state index in [2.05, 4.69) is 5.10 Å². The molecule has 5 heteroatoms. The first kappa shape index (κ1) is 16.8. The highest BCUT2D eigenvalue weighted by Crippen LogP contribution is 2.16. The molecule has 5 nitrogen and oxygen atoms in total. The van der Waals surface area contributed by atoms with Crippen molar-refractivity contribution in [2.45, 2.75) is 19.6 Å². The van der Waals surface area contributed by atoms with Crippen LogP contribution in [0.4, 0.5) is 0 Å². The van der Waals surface area contributed by atoms with Crippen molar-refractivity contribution in [2.24, 2.45) is 0 Å². The molecule has 0 saturated carbocycles. The Labute approximate surface area is 146 Å². The topological polar surface area (TPSA) is 53.4 Å². The molecule has 0 aliphatic rings. The van der Waals surface area contributed by atoms with Crippen molar-refractivity contribution in [1.82, 2.24) is 9.78 Å². The summed E-state index contributed by atoms with van der Waals surface area (Å²) in [6.45, 7) is 1.54. The molecule has 3 rings (SSSR count). The number of rotatable bonds is 8. The number of aryl methyl sites for hydroxylation is 1. The van der Waals surface area contributed by atoms with Crippen LogP contribution in [0.15, 0.2) is 73.1 Å². The lowest BCUT2D eigenvalue weighted by atomic mass is 10.2. The Morgan fingerprint density at radius 2 is 1.92 bits per heavy atom. The number of hydrogen-bond donors (Lipinski definition) is 0. The smallest absolute Gasteiger partial charge is 0.338 e. The molecule has 128 valence electrons. The summed E-state index contributed by atoms with van der Waals surface area (Å²) in [6, 6.07) is 18.8. The van der Waals surface area contributed by atoms with Crippen molar-refractivity contribution < 1.29 is 14.3 Å². The predicted octanol–water partition coefficient (Wildman–Crippen LogP) is 3.71. The fraction of sp³-hybridized carbons (Fsp3) is 0.200. The summed E-state index contributed by atoms with van der Waals surface area (Å²) < 4.78 is 12.9. The average molecular weight is 336 g/mol. The van der Waals surface area contributed by atoms with Gasteiger partial charge in [-0.25, -0.2) is 4.79 Å². The number of esters is 1. The molecular weight excluding hydrogens is 316 g/mol. The third kappa shape index (κ3) is 5.21. The van der Waals surface area contributed by atoms with Gasteiger partial charge in [0.2, 0.25) is 0 Å². The van der Waals surface area contributed by atoms with Gasteiger partial charge in [-0.05, 0) is 29.8 Å². The van der Waals surface area contributed by atoms with E-state index in [-0.39, 0.29) is 5.97 Å². The molecule has 0 saturated heterocycles. The number of nitrogens with zero attached hydrogens (tertiary/aromatic N) is 2. The van der Waals surface area contributed by atoms with Gasteiger partial charge < -0.3 is 9.47 Å². The highest BCUT2D eigenvalue weighted by Gasteiger charge is 2.08. The van der Waals surface area contributed by atoms with Crippen molar-refractivity contribution in [3.8, 4) is 5.75 Å². The zero-order valence-corrected chi connectivity index (χ0v) is 13.9. The molecule has 25 heavy (non-hydrogen) atoms. The van der Waals surface area contributed by atoms with Gasteiger partial charge >= 0.3 is 5.97 Å². The molecule has 2 aromatic carbocycles. The minimum absolute atomic E-state index is 0.342. The van der Waals surface area contributed by atoms with Gasteiger partial charge in [-0.1, -0.05) is 36.4 Å². The first-order valence-electron chi connectivity index (χ1n) is 8.22. The van der Waals surface area contributed by atoms with Gasteiger partial charge in [-0.2, -0.15) is 5.10 Å². The van der Waals surface area contributed by atoms with Gasteiger partial charge in [0.15, 0.2) is 0 Å². The van der Waals surface area contributed by atoms with E-state index < -0.39 is 0 Å². The lowest BCUT2D eigenvalue weighted by Gasteiger charge is -2.09. The van der Waals surface area contributed by atoms with Gasteiger partial charge in [0.1, 0.15) is 12.4 Å². The second-order valence-electron chi connectivity index (χ2n) is 5.56. The lowest BCUT2D eigenvalue weighted by molar-refractivity contribution is 0.0494. The molecule has 0 amide bonds. The molecule has 0 aliphatic carbocycles. The molecule has 0 atom stereocenters. The van der Waals surface area contributed by atoms with Crippen molar-refractivity contribution in [3.63, 3.8) is 0 Å². The molecule has 0 aliphatic heterocycles. The third-order valence-electron chi connectivity index (χ3n) is 3.64. The van der Waals surface area contributed by atoms with E-state index in [0.717, 1.165) is 18.5 Å². The van der Waals surface area contributed by atoms with Gasteiger partial charge in [-0.15, -0.1) is 0 Å². The van der Waals surface area contributed by atoms with Crippen LogP contribution < -0.4 is 4.74 Å². The number of aromatic nitrogens is 2. The van der Waals surface area contributed by atoms with Crippen molar-refractivity contribution in [3.05, 3.63) is 84.2 Å². The van der Waals surface area contributed by atoms with Crippen LogP contribution in [0.2, 0.25) is 0 Å². The Bertz CT molecular complexity index is 786. The normalized spacial score (nSPS) is 10.4. The standard InChI is InChI=1S/C20H20N2O3/c23-20(24-14-6-13-22-12-5-11-21-22)18-9-4-10-19(15-18)25-16-17-7-2-1-3-8-17/h1-5,7-12,15H,6,13-14,16H2. The largest absolute Gasteiger partial charge is 0.489 e. The fourth-order valence-corrected chi connectivity index (χ4v) is 2.36. The SMILES string of the molecule is O=C(OCCCn1cccn1)c1cccc(OCc2ccccc2)c1. The summed E-state index contributed by atoms with van der Waals surface area (Å²) in [4.78, 5) is 12.1. The van der Waals surface area contributed by atoms with E-state index in [1.165, 1.54) is 0 Å². The fourth-order valence-electron chi connectivity index (χ4n) is 2.36. The Morgan fingerprint density at radius 1 is 1.04 bits per heavy atom. The molecule has 0 unspecified atom stereocenters. The number of ether oxygens (including phenoxy) is 2. The maximum atomic E-state index is 12.1. The molecule has 0 spiro atoms. The Kier molecular flexibility index (Phi) is 5.82. The Hall–Kier alpha value is -3.08. The molecule has 0 bridgehead atoms. The quantitative estimate of drug-likeness (QED) is 0.465. The zero-order valence-electron chi connectivity index (χ0n) is 13.9. The molecule has 0 fully saturated rings. The molecule has 1 aromatic heterocycles. The number of carbonyl (C=O) groups excluding carboxylic acids is 1. The minimum atomic E-state index is -0.342. The van der Waals surface area contributed by atoms with Gasteiger partial charge in [0, 0.05) is 25.4 Å². The number of hydrogen-bond acceptors (Lipinski definition) is 4. The second-order valence-corrected chi connectivity index (χ2v) is 5.56.